The molecule has 16 heavy (non-hydrogen) atoms. The smallest absolute Gasteiger partial charge is 0.317 e. The Morgan fingerprint density at radius 2 is 1.94 bits per heavy atom. The van der Waals surface area contributed by atoms with Crippen LogP contribution in [0.1, 0.15) is 40.5 Å². The normalized spacial score (nSPS) is 13.0. The molecule has 0 aromatic carbocycles. The molecule has 0 aliphatic carbocycles. The number of Topliss-reactive ketones (excluding diaryl/α,β-unsaturated/α-hetero) is 1. The maximum atomic E-state index is 11.9. The second kappa shape index (κ2) is 6.46. The SMILES string of the molecule is C=CC(C)(C)C(C(=O)CCC)C(=O)OCC. The van der Waals surface area contributed by atoms with Gasteiger partial charge in [0, 0.05) is 11.8 Å². The average Bonchev–Trinajstić information content (AvgIpc) is 2.18. The van der Waals surface area contributed by atoms with Crippen LogP contribution in [0.15, 0.2) is 12.7 Å². The summed E-state index contributed by atoms with van der Waals surface area (Å²) >= 11 is 0. The molecule has 1 unspecified atom stereocenters. The molecule has 0 heterocycles. The maximum absolute atomic E-state index is 11.9. The minimum atomic E-state index is -0.732. The first kappa shape index (κ1) is 14.9. The van der Waals surface area contributed by atoms with Gasteiger partial charge in [0.2, 0.25) is 0 Å². The van der Waals surface area contributed by atoms with Crippen molar-refractivity contribution in [2.24, 2.45) is 11.3 Å². The van der Waals surface area contributed by atoms with Gasteiger partial charge in [-0.05, 0) is 13.3 Å². The summed E-state index contributed by atoms with van der Waals surface area (Å²) < 4.78 is 4.95. The summed E-state index contributed by atoms with van der Waals surface area (Å²) in [5.41, 5.74) is -0.557. The van der Waals surface area contributed by atoms with E-state index < -0.39 is 17.3 Å². The lowest BCUT2D eigenvalue weighted by molar-refractivity contribution is -0.155. The summed E-state index contributed by atoms with van der Waals surface area (Å²) in [6.45, 7) is 11.3. The van der Waals surface area contributed by atoms with Gasteiger partial charge in [-0.15, -0.1) is 6.58 Å². The van der Waals surface area contributed by atoms with Gasteiger partial charge in [-0.25, -0.2) is 0 Å². The molecule has 0 N–H and O–H groups in total. The molecule has 1 atom stereocenters. The number of allylic oxidation sites excluding steroid dienone is 1. The number of carbonyl (C=O) groups excluding carboxylic acids is 2. The summed E-state index contributed by atoms with van der Waals surface area (Å²) in [7, 11) is 0. The molecule has 92 valence electrons. The van der Waals surface area contributed by atoms with E-state index in [1.165, 1.54) is 0 Å². The first-order valence-corrected chi connectivity index (χ1v) is 5.73. The average molecular weight is 226 g/mol. The molecule has 0 rings (SSSR count). The standard InChI is InChI=1S/C13H22O3/c1-6-9-10(14)11(12(15)16-8-3)13(4,5)7-2/h7,11H,2,6,8-9H2,1,3-5H3. The molecule has 3 heteroatoms. The first-order valence-electron chi connectivity index (χ1n) is 5.73. The highest BCUT2D eigenvalue weighted by Gasteiger charge is 2.39. The van der Waals surface area contributed by atoms with Crippen molar-refractivity contribution in [3.05, 3.63) is 12.7 Å². The number of ketones is 1. The Morgan fingerprint density at radius 3 is 2.31 bits per heavy atom. The van der Waals surface area contributed by atoms with Crippen molar-refractivity contribution in [3.63, 3.8) is 0 Å². The minimum absolute atomic E-state index is 0.0640. The topological polar surface area (TPSA) is 43.4 Å². The highest BCUT2D eigenvalue weighted by Crippen LogP contribution is 2.31. The molecule has 3 nitrogen and oxygen atoms in total. The van der Waals surface area contributed by atoms with Crippen molar-refractivity contribution in [2.45, 2.75) is 40.5 Å². The molecule has 0 spiro atoms. The van der Waals surface area contributed by atoms with Crippen molar-refractivity contribution < 1.29 is 14.3 Å². The van der Waals surface area contributed by atoms with Crippen LogP contribution in [-0.4, -0.2) is 18.4 Å². The Labute approximate surface area is 97.9 Å². The lowest BCUT2D eigenvalue weighted by Gasteiger charge is -2.28. The van der Waals surface area contributed by atoms with Crippen molar-refractivity contribution >= 4 is 11.8 Å². The third kappa shape index (κ3) is 3.80. The van der Waals surface area contributed by atoms with Crippen LogP contribution in [0.5, 0.6) is 0 Å². The van der Waals surface area contributed by atoms with Gasteiger partial charge >= 0.3 is 5.97 Å². The fourth-order valence-corrected chi connectivity index (χ4v) is 1.58. The lowest BCUT2D eigenvalue weighted by atomic mass is 9.75. The van der Waals surface area contributed by atoms with Crippen molar-refractivity contribution in [3.8, 4) is 0 Å². The molecule has 0 saturated heterocycles. The van der Waals surface area contributed by atoms with Crippen LogP contribution >= 0.6 is 0 Å². The van der Waals surface area contributed by atoms with Crippen LogP contribution in [0.4, 0.5) is 0 Å². The van der Waals surface area contributed by atoms with E-state index in [1.807, 2.05) is 20.8 Å². The van der Waals surface area contributed by atoms with Gasteiger partial charge in [-0.3, -0.25) is 9.59 Å². The third-order valence-corrected chi connectivity index (χ3v) is 2.61. The van der Waals surface area contributed by atoms with E-state index in [2.05, 4.69) is 6.58 Å². The summed E-state index contributed by atoms with van der Waals surface area (Å²) in [5.74, 6) is -1.23. The zero-order valence-electron chi connectivity index (χ0n) is 10.7. The molecule has 0 aromatic rings. The van der Waals surface area contributed by atoms with Gasteiger partial charge in [0.05, 0.1) is 6.61 Å². The largest absolute Gasteiger partial charge is 0.465 e. The fraction of sp³-hybridized carbons (Fsp3) is 0.692. The number of ether oxygens (including phenoxy) is 1. The molecule has 0 fully saturated rings. The predicted octanol–water partition coefficient (Wildman–Crippen LogP) is 2.75. The molecular formula is C13H22O3. The molecule has 0 radical (unpaired) electrons. The van der Waals surface area contributed by atoms with E-state index in [9.17, 15) is 9.59 Å². The maximum Gasteiger partial charge on any atom is 0.317 e. The van der Waals surface area contributed by atoms with Crippen LogP contribution < -0.4 is 0 Å². The van der Waals surface area contributed by atoms with Gasteiger partial charge in [-0.2, -0.15) is 0 Å². The van der Waals surface area contributed by atoms with Crippen LogP contribution in [0.3, 0.4) is 0 Å². The van der Waals surface area contributed by atoms with Gasteiger partial charge in [0.15, 0.2) is 0 Å². The highest BCUT2D eigenvalue weighted by molar-refractivity contribution is 6.00. The van der Waals surface area contributed by atoms with Gasteiger partial charge in [-0.1, -0.05) is 26.8 Å². The predicted molar refractivity (Wildman–Crippen MR) is 64.0 cm³/mol. The first-order chi connectivity index (χ1) is 7.40. The molecule has 0 amide bonds. The van der Waals surface area contributed by atoms with Crippen molar-refractivity contribution in [1.29, 1.82) is 0 Å². The summed E-state index contributed by atoms with van der Waals surface area (Å²) in [4.78, 5) is 23.7. The Morgan fingerprint density at radius 1 is 1.38 bits per heavy atom. The van der Waals surface area contributed by atoms with E-state index in [0.29, 0.717) is 13.0 Å². The Balaban J connectivity index is 4.97. The molecule has 0 saturated carbocycles. The highest BCUT2D eigenvalue weighted by atomic mass is 16.5. The summed E-state index contributed by atoms with van der Waals surface area (Å²) in [6.07, 6.45) is 2.78. The van der Waals surface area contributed by atoms with Crippen LogP contribution in [-0.2, 0) is 14.3 Å². The number of hydrogen-bond acceptors (Lipinski definition) is 3. The molecule has 0 aromatic heterocycles. The summed E-state index contributed by atoms with van der Waals surface area (Å²) in [6, 6.07) is 0. The number of esters is 1. The van der Waals surface area contributed by atoms with E-state index in [1.54, 1.807) is 13.0 Å². The molecule has 0 bridgehead atoms. The zero-order valence-corrected chi connectivity index (χ0v) is 10.7. The number of hydrogen-bond donors (Lipinski definition) is 0. The Hall–Kier alpha value is -1.12. The summed E-state index contributed by atoms with van der Waals surface area (Å²) in [5, 5.41) is 0. The Bertz CT molecular complexity index is 248. The molecule has 0 aliphatic rings. The van der Waals surface area contributed by atoms with Crippen LogP contribution in [0, 0.1) is 11.3 Å². The second-order valence-electron chi connectivity index (χ2n) is 4.43. The van der Waals surface area contributed by atoms with Gasteiger partial charge in [0.1, 0.15) is 11.7 Å². The molecular weight excluding hydrogens is 204 g/mol. The number of rotatable bonds is 7. The Kier molecular flexibility index (Phi) is 6.01. The van der Waals surface area contributed by atoms with Crippen molar-refractivity contribution in [2.75, 3.05) is 6.61 Å². The van der Waals surface area contributed by atoms with Crippen LogP contribution in [0.25, 0.3) is 0 Å². The van der Waals surface area contributed by atoms with E-state index in [4.69, 9.17) is 4.74 Å². The van der Waals surface area contributed by atoms with Crippen molar-refractivity contribution in [1.82, 2.24) is 0 Å². The number of carbonyl (C=O) groups is 2. The van der Waals surface area contributed by atoms with Gasteiger partial charge in [0.25, 0.3) is 0 Å². The molecule has 0 aliphatic heterocycles. The third-order valence-electron chi connectivity index (χ3n) is 2.61. The quantitative estimate of drug-likeness (QED) is 0.381. The lowest BCUT2D eigenvalue weighted by Crippen LogP contribution is -2.37. The fourth-order valence-electron chi connectivity index (χ4n) is 1.58. The zero-order chi connectivity index (χ0) is 12.8. The monoisotopic (exact) mass is 226 g/mol. The van der Waals surface area contributed by atoms with E-state index in [0.717, 1.165) is 6.42 Å². The van der Waals surface area contributed by atoms with E-state index in [-0.39, 0.29) is 5.78 Å². The van der Waals surface area contributed by atoms with Crippen LogP contribution in [0.2, 0.25) is 0 Å². The van der Waals surface area contributed by atoms with E-state index >= 15 is 0 Å². The van der Waals surface area contributed by atoms with Gasteiger partial charge < -0.3 is 4.74 Å². The second-order valence-corrected chi connectivity index (χ2v) is 4.43. The minimum Gasteiger partial charge on any atom is -0.465 e.